The van der Waals surface area contributed by atoms with Crippen molar-refractivity contribution < 1.29 is 19.1 Å². The maximum absolute atomic E-state index is 13.5. The van der Waals surface area contributed by atoms with Crippen LogP contribution in [0.3, 0.4) is 0 Å². The number of carbonyl (C=O) groups is 1. The van der Waals surface area contributed by atoms with E-state index < -0.39 is 16.9 Å². The van der Waals surface area contributed by atoms with Gasteiger partial charge < -0.3 is 14.3 Å². The molecule has 0 aromatic carbocycles. The summed E-state index contributed by atoms with van der Waals surface area (Å²) in [5.74, 6) is 0.726. The first-order chi connectivity index (χ1) is 14.2. The van der Waals surface area contributed by atoms with E-state index in [1.807, 2.05) is 18.4 Å². The summed E-state index contributed by atoms with van der Waals surface area (Å²) >= 11 is 0. The average Bonchev–Trinajstić information content (AvgIpc) is 3.41. The van der Waals surface area contributed by atoms with E-state index in [2.05, 4.69) is 39.8 Å². The van der Waals surface area contributed by atoms with E-state index in [9.17, 15) is 9.90 Å². The maximum Gasteiger partial charge on any atom is 0.161 e. The second-order valence-corrected chi connectivity index (χ2v) is 11.4. The van der Waals surface area contributed by atoms with Gasteiger partial charge in [0.15, 0.2) is 5.78 Å². The lowest BCUT2D eigenvalue weighted by atomic mass is 9.38. The first kappa shape index (κ1) is 19.1. The highest BCUT2D eigenvalue weighted by Gasteiger charge is 2.74. The summed E-state index contributed by atoms with van der Waals surface area (Å²) < 4.78 is 11.7. The van der Waals surface area contributed by atoms with Gasteiger partial charge in [-0.1, -0.05) is 45.4 Å². The molecule has 4 heteroatoms. The molecule has 6 rings (SSSR count). The fourth-order valence-corrected chi connectivity index (χ4v) is 8.87. The van der Waals surface area contributed by atoms with Crippen LogP contribution in [0.5, 0.6) is 0 Å². The molecule has 0 radical (unpaired) electrons. The van der Waals surface area contributed by atoms with Crippen molar-refractivity contribution in [2.45, 2.75) is 65.1 Å². The van der Waals surface area contributed by atoms with Crippen LogP contribution in [0, 0.1) is 33.5 Å². The zero-order chi connectivity index (χ0) is 21.1. The number of ether oxygens (including phenoxy) is 1. The Balaban J connectivity index is 1.51. The first-order valence-electron chi connectivity index (χ1n) is 11.4. The summed E-state index contributed by atoms with van der Waals surface area (Å²) in [6.07, 6.45) is 11.9. The second-order valence-electron chi connectivity index (χ2n) is 11.4. The SMILES string of the molecule is C[C@]12C3=CC[C@@H](c4ccoc4)[C@@]3(C)CC[C@@H]1[C@@]1(C)C(=O)C=C[C@@]3(C)CO[C@@H]([C@H]2O)[C@H]13. The summed E-state index contributed by atoms with van der Waals surface area (Å²) in [5, 5.41) is 11.9. The number of fused-ring (bicyclic) bond motifs is 4. The lowest BCUT2D eigenvalue weighted by Gasteiger charge is -2.65. The molecule has 1 aromatic rings. The van der Waals surface area contributed by atoms with Crippen LogP contribution in [0.1, 0.15) is 58.4 Å². The van der Waals surface area contributed by atoms with Crippen LogP contribution in [0.2, 0.25) is 0 Å². The highest BCUT2D eigenvalue weighted by atomic mass is 16.5. The first-order valence-corrected chi connectivity index (χ1v) is 11.4. The van der Waals surface area contributed by atoms with Gasteiger partial charge in [-0.2, -0.15) is 0 Å². The molecule has 160 valence electrons. The van der Waals surface area contributed by atoms with Crippen molar-refractivity contribution in [3.8, 4) is 0 Å². The molecule has 1 aliphatic heterocycles. The van der Waals surface area contributed by atoms with Gasteiger partial charge in [0.25, 0.3) is 0 Å². The predicted octanol–water partition coefficient (Wildman–Crippen LogP) is 4.66. The highest BCUT2D eigenvalue weighted by molar-refractivity contribution is 5.97. The zero-order valence-electron chi connectivity index (χ0n) is 18.4. The van der Waals surface area contributed by atoms with Crippen LogP contribution in [-0.4, -0.2) is 29.7 Å². The molecule has 1 N–H and O–H groups in total. The van der Waals surface area contributed by atoms with E-state index in [0.717, 1.165) is 19.3 Å². The van der Waals surface area contributed by atoms with Gasteiger partial charge in [0.2, 0.25) is 0 Å². The van der Waals surface area contributed by atoms with Gasteiger partial charge in [0, 0.05) is 22.2 Å². The predicted molar refractivity (Wildman–Crippen MR) is 113 cm³/mol. The summed E-state index contributed by atoms with van der Waals surface area (Å²) in [5.41, 5.74) is 1.39. The number of carbonyl (C=O) groups excluding carboxylic acids is 1. The Labute approximate surface area is 178 Å². The fourth-order valence-electron chi connectivity index (χ4n) is 8.87. The molecular formula is C26H32O4. The van der Waals surface area contributed by atoms with E-state index in [-0.39, 0.29) is 34.6 Å². The lowest BCUT2D eigenvalue weighted by Crippen LogP contribution is -2.69. The van der Waals surface area contributed by atoms with Gasteiger partial charge in [-0.15, -0.1) is 0 Å². The number of hydrogen-bond acceptors (Lipinski definition) is 4. The monoisotopic (exact) mass is 408 g/mol. The van der Waals surface area contributed by atoms with E-state index in [4.69, 9.17) is 9.15 Å². The average molecular weight is 409 g/mol. The number of allylic oxidation sites excluding steroid dienone is 2. The number of hydrogen-bond donors (Lipinski definition) is 1. The molecule has 0 spiro atoms. The molecule has 2 heterocycles. The summed E-state index contributed by atoms with van der Waals surface area (Å²) in [6.45, 7) is 9.52. The van der Waals surface area contributed by atoms with Gasteiger partial charge in [-0.05, 0) is 54.2 Å². The molecule has 0 bridgehead atoms. The van der Waals surface area contributed by atoms with Crippen LogP contribution in [0.15, 0.2) is 46.8 Å². The van der Waals surface area contributed by atoms with Crippen molar-refractivity contribution >= 4 is 5.78 Å². The Hall–Kier alpha value is -1.65. The lowest BCUT2D eigenvalue weighted by molar-refractivity contribution is -0.199. The molecule has 0 unspecified atom stereocenters. The Kier molecular flexibility index (Phi) is 3.54. The molecular weight excluding hydrogens is 376 g/mol. The van der Waals surface area contributed by atoms with Gasteiger partial charge in [0.1, 0.15) is 0 Å². The van der Waals surface area contributed by atoms with Crippen LogP contribution in [0.4, 0.5) is 0 Å². The van der Waals surface area contributed by atoms with Crippen molar-refractivity contribution in [2.24, 2.45) is 33.5 Å². The third-order valence-electron chi connectivity index (χ3n) is 10.2. The number of ketones is 1. The smallest absolute Gasteiger partial charge is 0.161 e. The molecule has 4 nitrogen and oxygen atoms in total. The van der Waals surface area contributed by atoms with E-state index >= 15 is 0 Å². The van der Waals surface area contributed by atoms with Crippen molar-refractivity contribution in [1.29, 1.82) is 0 Å². The summed E-state index contributed by atoms with van der Waals surface area (Å²) in [4.78, 5) is 13.5. The molecule has 1 aromatic heterocycles. The highest BCUT2D eigenvalue weighted by Crippen LogP contribution is 2.73. The van der Waals surface area contributed by atoms with E-state index in [1.165, 1.54) is 11.1 Å². The van der Waals surface area contributed by atoms with Crippen LogP contribution in [0.25, 0.3) is 0 Å². The number of aliphatic hydroxyl groups is 1. The molecule has 5 aliphatic rings. The second kappa shape index (κ2) is 5.58. The Bertz CT molecular complexity index is 975. The minimum Gasteiger partial charge on any atom is -0.472 e. The van der Waals surface area contributed by atoms with Crippen LogP contribution < -0.4 is 0 Å². The molecule has 9 atom stereocenters. The quantitative estimate of drug-likeness (QED) is 0.687. The summed E-state index contributed by atoms with van der Waals surface area (Å²) in [7, 11) is 0. The molecule has 0 amide bonds. The minimum atomic E-state index is -0.601. The van der Waals surface area contributed by atoms with Crippen molar-refractivity contribution in [2.75, 3.05) is 6.61 Å². The fraction of sp³-hybridized carbons (Fsp3) is 0.654. The molecule has 2 saturated carbocycles. The Morgan fingerprint density at radius 2 is 1.97 bits per heavy atom. The van der Waals surface area contributed by atoms with Crippen LogP contribution in [-0.2, 0) is 9.53 Å². The maximum atomic E-state index is 13.5. The molecule has 3 fully saturated rings. The largest absolute Gasteiger partial charge is 0.472 e. The topological polar surface area (TPSA) is 59.7 Å². The van der Waals surface area contributed by atoms with E-state index in [0.29, 0.717) is 12.5 Å². The van der Waals surface area contributed by atoms with Gasteiger partial charge in [-0.25, -0.2) is 0 Å². The van der Waals surface area contributed by atoms with Gasteiger partial charge in [0.05, 0.1) is 31.3 Å². The van der Waals surface area contributed by atoms with Crippen LogP contribution >= 0.6 is 0 Å². The van der Waals surface area contributed by atoms with Crippen molar-refractivity contribution in [1.82, 2.24) is 0 Å². The number of aliphatic hydroxyl groups excluding tert-OH is 1. The molecule has 4 aliphatic carbocycles. The molecule has 30 heavy (non-hydrogen) atoms. The Morgan fingerprint density at radius 1 is 1.17 bits per heavy atom. The normalized spacial score (nSPS) is 53.8. The Morgan fingerprint density at radius 3 is 2.70 bits per heavy atom. The zero-order valence-corrected chi connectivity index (χ0v) is 18.4. The third kappa shape index (κ3) is 1.90. The van der Waals surface area contributed by atoms with Crippen molar-refractivity contribution in [3.63, 3.8) is 0 Å². The number of rotatable bonds is 1. The standard InChI is InChI=1S/C26H32O4/c1-23-10-8-19(27)26(4)18-7-11-24(2)16(15-9-12-29-13-15)5-6-17(24)25(18,3)22(28)20(21(23)26)30-14-23/h6,8-10,12-13,16,18,20-22,28H,5,7,11,14H2,1-4H3/t16-,18-,20+,21-,22+,23-,24+,25-,26-/m0/s1. The molecule has 1 saturated heterocycles. The third-order valence-corrected chi connectivity index (χ3v) is 10.2. The number of furan rings is 1. The minimum absolute atomic E-state index is 0.0330. The van der Waals surface area contributed by atoms with Gasteiger partial charge >= 0.3 is 0 Å². The van der Waals surface area contributed by atoms with Gasteiger partial charge in [-0.3, -0.25) is 4.79 Å². The van der Waals surface area contributed by atoms with E-state index in [1.54, 1.807) is 6.26 Å². The van der Waals surface area contributed by atoms with Crippen molar-refractivity contribution in [3.05, 3.63) is 48.0 Å². The summed E-state index contributed by atoms with van der Waals surface area (Å²) in [6, 6.07) is 2.08.